The maximum Gasteiger partial charge on any atom is 0.319 e. The molecule has 1 radical (unpaired) electrons. The summed E-state index contributed by atoms with van der Waals surface area (Å²) in [5.74, 6) is 0. The summed E-state index contributed by atoms with van der Waals surface area (Å²) in [5.41, 5.74) is 0.829. The van der Waals surface area contributed by atoms with Gasteiger partial charge in [0.05, 0.1) is 0 Å². The molecule has 2 rings (SSSR count). The number of rotatable bonds is 7. The second-order valence-electron chi connectivity index (χ2n) is 5.19. The van der Waals surface area contributed by atoms with Crippen LogP contribution in [0.5, 0.6) is 0 Å². The van der Waals surface area contributed by atoms with Crippen molar-refractivity contribution in [2.24, 2.45) is 0 Å². The molecule has 20 heavy (non-hydrogen) atoms. The number of hydrogen-bond donors (Lipinski definition) is 2. The van der Waals surface area contributed by atoms with Crippen LogP contribution in [0.3, 0.4) is 0 Å². The monoisotopic (exact) mass is 274 g/mol. The maximum atomic E-state index is 11.6. The van der Waals surface area contributed by atoms with Crippen molar-refractivity contribution in [1.29, 1.82) is 0 Å². The van der Waals surface area contributed by atoms with Crippen LogP contribution in [0.15, 0.2) is 30.3 Å². The predicted octanol–water partition coefficient (Wildman–Crippen LogP) is 2.89. The topological polar surface area (TPSA) is 44.4 Å². The summed E-state index contributed by atoms with van der Waals surface area (Å²) < 4.78 is 0. The van der Waals surface area contributed by atoms with Crippen LogP contribution < -0.4 is 10.6 Å². The van der Waals surface area contributed by atoms with Crippen LogP contribution in [0, 0.1) is 6.42 Å². The van der Waals surface area contributed by atoms with E-state index in [1.807, 2.05) is 30.3 Å². The number of unbranched alkanes of at least 4 members (excludes halogenated alkanes) is 2. The summed E-state index contributed by atoms with van der Waals surface area (Å²) in [6.45, 7) is 4.30. The lowest BCUT2D eigenvalue weighted by atomic mass is 10.2. The first-order valence-electron chi connectivity index (χ1n) is 7.48. The Balaban J connectivity index is 1.47. The SMILES string of the molecule is O=C(NCCCCCN1C[CH]CC1)Nc1ccccc1. The molecule has 1 saturated heterocycles. The summed E-state index contributed by atoms with van der Waals surface area (Å²) >= 11 is 0. The summed E-state index contributed by atoms with van der Waals surface area (Å²) in [5, 5.41) is 5.70. The lowest BCUT2D eigenvalue weighted by Crippen LogP contribution is -2.29. The van der Waals surface area contributed by atoms with Gasteiger partial charge in [0.2, 0.25) is 0 Å². The van der Waals surface area contributed by atoms with Gasteiger partial charge in [0.25, 0.3) is 0 Å². The van der Waals surface area contributed by atoms with E-state index >= 15 is 0 Å². The second kappa shape index (κ2) is 8.59. The van der Waals surface area contributed by atoms with Gasteiger partial charge in [-0.2, -0.15) is 0 Å². The molecule has 1 aromatic carbocycles. The van der Waals surface area contributed by atoms with E-state index in [0.29, 0.717) is 0 Å². The van der Waals surface area contributed by atoms with Crippen molar-refractivity contribution in [2.75, 3.05) is 31.5 Å². The average molecular weight is 274 g/mol. The molecule has 0 aliphatic carbocycles. The van der Waals surface area contributed by atoms with Gasteiger partial charge in [-0.15, -0.1) is 0 Å². The van der Waals surface area contributed by atoms with Gasteiger partial charge in [0.15, 0.2) is 0 Å². The number of nitrogens with zero attached hydrogens (tertiary/aromatic N) is 1. The van der Waals surface area contributed by atoms with Crippen molar-refractivity contribution in [2.45, 2.75) is 25.7 Å². The number of nitrogens with one attached hydrogen (secondary N) is 2. The van der Waals surface area contributed by atoms with Gasteiger partial charge in [-0.3, -0.25) is 0 Å². The van der Waals surface area contributed by atoms with Gasteiger partial charge in [-0.1, -0.05) is 24.6 Å². The van der Waals surface area contributed by atoms with E-state index in [4.69, 9.17) is 0 Å². The first-order chi connectivity index (χ1) is 9.84. The zero-order valence-electron chi connectivity index (χ0n) is 12.0. The Morgan fingerprint density at radius 3 is 2.75 bits per heavy atom. The summed E-state index contributed by atoms with van der Waals surface area (Å²) in [6.07, 6.45) is 7.01. The molecule has 1 fully saturated rings. The van der Waals surface area contributed by atoms with E-state index in [9.17, 15) is 4.79 Å². The Hall–Kier alpha value is -1.55. The average Bonchev–Trinajstić information content (AvgIpc) is 2.97. The molecule has 4 nitrogen and oxygen atoms in total. The quantitative estimate of drug-likeness (QED) is 0.751. The third kappa shape index (κ3) is 5.61. The Bertz CT molecular complexity index is 388. The Kier molecular flexibility index (Phi) is 6.38. The van der Waals surface area contributed by atoms with Crippen LogP contribution in [0.25, 0.3) is 0 Å². The van der Waals surface area contributed by atoms with Gasteiger partial charge in [-0.25, -0.2) is 4.79 Å². The van der Waals surface area contributed by atoms with E-state index in [0.717, 1.165) is 25.2 Å². The molecule has 1 aromatic rings. The molecule has 2 N–H and O–H groups in total. The van der Waals surface area contributed by atoms with Crippen LogP contribution in [-0.2, 0) is 0 Å². The fraction of sp³-hybridized carbons (Fsp3) is 0.500. The summed E-state index contributed by atoms with van der Waals surface area (Å²) in [7, 11) is 0. The van der Waals surface area contributed by atoms with Crippen molar-refractivity contribution in [3.63, 3.8) is 0 Å². The van der Waals surface area contributed by atoms with E-state index in [2.05, 4.69) is 22.0 Å². The van der Waals surface area contributed by atoms with Crippen LogP contribution in [-0.4, -0.2) is 37.1 Å². The van der Waals surface area contributed by atoms with Crippen LogP contribution in [0.4, 0.5) is 10.5 Å². The van der Waals surface area contributed by atoms with Crippen molar-refractivity contribution >= 4 is 11.7 Å². The van der Waals surface area contributed by atoms with Gasteiger partial charge < -0.3 is 15.5 Å². The second-order valence-corrected chi connectivity index (χ2v) is 5.19. The fourth-order valence-electron chi connectivity index (χ4n) is 2.38. The predicted molar refractivity (Wildman–Crippen MR) is 82.7 cm³/mol. The molecule has 0 unspecified atom stereocenters. The first-order valence-corrected chi connectivity index (χ1v) is 7.48. The molecule has 109 valence electrons. The molecule has 0 bridgehead atoms. The molecule has 0 aromatic heterocycles. The number of anilines is 1. The normalized spacial score (nSPS) is 15.2. The van der Waals surface area contributed by atoms with E-state index < -0.39 is 0 Å². The molecule has 2 amide bonds. The number of hydrogen-bond acceptors (Lipinski definition) is 2. The molecular formula is C16H24N3O. The minimum Gasteiger partial charge on any atom is -0.338 e. The van der Waals surface area contributed by atoms with E-state index in [1.165, 1.54) is 32.4 Å². The van der Waals surface area contributed by atoms with Crippen LogP contribution >= 0.6 is 0 Å². The Morgan fingerprint density at radius 2 is 2.00 bits per heavy atom. The molecule has 0 saturated carbocycles. The van der Waals surface area contributed by atoms with Crippen LogP contribution in [0.1, 0.15) is 25.7 Å². The minimum absolute atomic E-state index is 0.120. The Morgan fingerprint density at radius 1 is 1.15 bits per heavy atom. The van der Waals surface area contributed by atoms with Crippen molar-refractivity contribution < 1.29 is 4.79 Å². The van der Waals surface area contributed by atoms with Crippen molar-refractivity contribution in [3.05, 3.63) is 36.8 Å². The third-order valence-electron chi connectivity index (χ3n) is 3.51. The smallest absolute Gasteiger partial charge is 0.319 e. The van der Waals surface area contributed by atoms with Gasteiger partial charge in [0.1, 0.15) is 0 Å². The van der Waals surface area contributed by atoms with Gasteiger partial charge >= 0.3 is 6.03 Å². The lowest BCUT2D eigenvalue weighted by Gasteiger charge is -2.13. The standard InChI is InChI=1S/C16H24N3O/c20-16(18-15-9-3-1-4-10-15)17-11-5-2-6-12-19-13-7-8-14-19/h1,3-4,7,9-10H,2,5-6,8,11-14H2,(H2,17,18,20). The number of carbonyl (C=O) groups excluding carboxylic acids is 1. The number of urea groups is 1. The number of para-hydroxylation sites is 1. The van der Waals surface area contributed by atoms with E-state index in [1.54, 1.807) is 0 Å². The third-order valence-corrected chi connectivity index (χ3v) is 3.51. The zero-order chi connectivity index (χ0) is 14.0. The summed E-state index contributed by atoms with van der Waals surface area (Å²) in [4.78, 5) is 14.1. The van der Waals surface area contributed by atoms with Gasteiger partial charge in [0, 0.05) is 18.8 Å². The fourth-order valence-corrected chi connectivity index (χ4v) is 2.38. The molecule has 1 heterocycles. The number of benzene rings is 1. The molecule has 1 aliphatic heterocycles. The summed E-state index contributed by atoms with van der Waals surface area (Å²) in [6, 6.07) is 9.39. The van der Waals surface area contributed by atoms with Crippen LogP contribution in [0.2, 0.25) is 0 Å². The number of likely N-dealkylation sites (tertiary alicyclic amines) is 1. The highest BCUT2D eigenvalue weighted by Crippen LogP contribution is 2.08. The number of amides is 2. The highest BCUT2D eigenvalue weighted by atomic mass is 16.2. The Labute approximate surface area is 121 Å². The molecular weight excluding hydrogens is 250 g/mol. The van der Waals surface area contributed by atoms with Gasteiger partial charge in [-0.05, 0) is 50.9 Å². The van der Waals surface area contributed by atoms with Crippen molar-refractivity contribution in [1.82, 2.24) is 10.2 Å². The lowest BCUT2D eigenvalue weighted by molar-refractivity contribution is 0.251. The first kappa shape index (κ1) is 14.9. The van der Waals surface area contributed by atoms with E-state index in [-0.39, 0.29) is 6.03 Å². The maximum absolute atomic E-state index is 11.6. The van der Waals surface area contributed by atoms with Crippen molar-refractivity contribution in [3.8, 4) is 0 Å². The molecule has 4 heteroatoms. The molecule has 1 aliphatic rings. The zero-order valence-corrected chi connectivity index (χ0v) is 12.0. The number of carbonyl (C=O) groups is 1. The molecule has 0 spiro atoms. The highest BCUT2D eigenvalue weighted by Gasteiger charge is 2.10. The minimum atomic E-state index is -0.120. The molecule has 0 atom stereocenters. The largest absolute Gasteiger partial charge is 0.338 e. The highest BCUT2D eigenvalue weighted by molar-refractivity contribution is 5.89.